The normalized spacial score (nSPS) is 16.9. The number of amides is 4. The molecule has 1 saturated carbocycles. The number of carbonyl (C=O) groups is 4. The molecule has 5 rings (SSSR count). The Bertz CT molecular complexity index is 1750. The minimum atomic E-state index is -1.42. The SMILES string of the molecule is CC(C)(C)[C@H](c1nc(-c2cc(F)ccc2F)cn1Cc1ccccc1)N(CC[C@H](N)CF)C(=O)CNC(=O)C1(N2C(=O)C=CC2=O)CCCC1. The van der Waals surface area contributed by atoms with Gasteiger partial charge >= 0.3 is 0 Å². The minimum Gasteiger partial charge on any atom is -0.345 e. The van der Waals surface area contributed by atoms with E-state index in [4.69, 9.17) is 10.7 Å². The molecular formula is C37H43F3N6O4. The molecule has 0 unspecified atom stereocenters. The number of hydrogen-bond donors (Lipinski definition) is 2. The molecule has 2 heterocycles. The Balaban J connectivity index is 1.53. The zero-order valence-electron chi connectivity index (χ0n) is 28.5. The number of rotatable bonds is 13. The van der Waals surface area contributed by atoms with Gasteiger partial charge < -0.3 is 20.5 Å². The Kier molecular flexibility index (Phi) is 10.9. The van der Waals surface area contributed by atoms with Crippen molar-refractivity contribution in [2.45, 2.75) is 77.0 Å². The van der Waals surface area contributed by atoms with Crippen LogP contribution in [0, 0.1) is 17.0 Å². The van der Waals surface area contributed by atoms with Crippen LogP contribution in [0.4, 0.5) is 13.2 Å². The number of nitrogens with one attached hydrogen (secondary N) is 1. The van der Waals surface area contributed by atoms with E-state index in [2.05, 4.69) is 5.32 Å². The first-order valence-corrected chi connectivity index (χ1v) is 16.8. The molecule has 2 atom stereocenters. The smallest absolute Gasteiger partial charge is 0.254 e. The average molecular weight is 693 g/mol. The number of halogens is 3. The number of hydrogen-bond acceptors (Lipinski definition) is 6. The molecule has 50 heavy (non-hydrogen) atoms. The average Bonchev–Trinajstić information content (AvgIpc) is 3.81. The molecule has 1 fully saturated rings. The van der Waals surface area contributed by atoms with Crippen molar-refractivity contribution in [1.82, 2.24) is 24.7 Å². The summed E-state index contributed by atoms with van der Waals surface area (Å²) < 4.78 is 44.8. The lowest BCUT2D eigenvalue weighted by Gasteiger charge is -2.41. The lowest BCUT2D eigenvalue weighted by molar-refractivity contribution is -0.152. The molecule has 2 aromatic carbocycles. The van der Waals surface area contributed by atoms with E-state index in [-0.39, 0.29) is 43.6 Å². The van der Waals surface area contributed by atoms with Crippen molar-refractivity contribution < 1.29 is 32.3 Å². The molecule has 13 heteroatoms. The number of imidazole rings is 1. The van der Waals surface area contributed by atoms with Crippen LogP contribution in [0.2, 0.25) is 0 Å². The van der Waals surface area contributed by atoms with E-state index < -0.39 is 71.5 Å². The van der Waals surface area contributed by atoms with Gasteiger partial charge in [-0.15, -0.1) is 0 Å². The van der Waals surface area contributed by atoms with Crippen LogP contribution in [-0.2, 0) is 25.7 Å². The van der Waals surface area contributed by atoms with E-state index in [1.807, 2.05) is 51.1 Å². The van der Waals surface area contributed by atoms with Gasteiger partial charge in [0.15, 0.2) is 0 Å². The molecule has 0 spiro atoms. The van der Waals surface area contributed by atoms with Crippen LogP contribution in [-0.4, -0.2) is 74.3 Å². The van der Waals surface area contributed by atoms with Crippen LogP contribution < -0.4 is 11.1 Å². The highest BCUT2D eigenvalue weighted by Gasteiger charge is 2.52. The van der Waals surface area contributed by atoms with Gasteiger partial charge in [0.25, 0.3) is 11.8 Å². The third kappa shape index (κ3) is 7.67. The molecule has 2 aliphatic rings. The minimum absolute atomic E-state index is 0.0122. The third-order valence-corrected chi connectivity index (χ3v) is 9.33. The van der Waals surface area contributed by atoms with Gasteiger partial charge in [-0.2, -0.15) is 0 Å². The summed E-state index contributed by atoms with van der Waals surface area (Å²) >= 11 is 0. The fourth-order valence-corrected chi connectivity index (χ4v) is 6.91. The summed E-state index contributed by atoms with van der Waals surface area (Å²) in [5.74, 6) is -3.27. The van der Waals surface area contributed by atoms with Crippen molar-refractivity contribution in [3.63, 3.8) is 0 Å². The standard InChI is InChI=1S/C37H43F3N6O4/c1-36(2,3)33(34-43-29(27-19-25(39)11-12-28(27)40)23-44(34)22-24-9-5-4-6-10-24)45(18-15-26(41)20-38)32(49)21-42-35(50)37(16-7-8-17-37)46-30(47)13-14-31(46)48/h4-6,9-14,19,23,26,33H,7-8,15-18,20-22,41H2,1-3H3,(H,42,50)/t26-,33-/m0/s1. The lowest BCUT2D eigenvalue weighted by Crippen LogP contribution is -2.60. The van der Waals surface area contributed by atoms with Crippen LogP contribution in [0.1, 0.15) is 70.3 Å². The summed E-state index contributed by atoms with van der Waals surface area (Å²) in [6, 6.07) is 10.8. The van der Waals surface area contributed by atoms with E-state index in [0.717, 1.165) is 40.8 Å². The molecule has 1 aliphatic heterocycles. The summed E-state index contributed by atoms with van der Waals surface area (Å²) in [6.07, 6.45) is 5.73. The van der Waals surface area contributed by atoms with Crippen molar-refractivity contribution in [3.8, 4) is 11.3 Å². The maximum Gasteiger partial charge on any atom is 0.254 e. The van der Waals surface area contributed by atoms with Crippen LogP contribution in [0.3, 0.4) is 0 Å². The molecule has 266 valence electrons. The number of benzene rings is 2. The molecule has 0 radical (unpaired) electrons. The molecule has 0 saturated heterocycles. The van der Waals surface area contributed by atoms with Crippen LogP contribution in [0.25, 0.3) is 11.3 Å². The van der Waals surface area contributed by atoms with Gasteiger partial charge in [-0.1, -0.05) is 63.9 Å². The van der Waals surface area contributed by atoms with E-state index in [0.29, 0.717) is 18.7 Å². The molecule has 3 aromatic rings. The molecule has 1 aliphatic carbocycles. The summed E-state index contributed by atoms with van der Waals surface area (Å²) in [6.45, 7) is 4.62. The predicted octanol–water partition coefficient (Wildman–Crippen LogP) is 4.83. The Morgan fingerprint density at radius 3 is 2.32 bits per heavy atom. The second kappa shape index (κ2) is 15.0. The van der Waals surface area contributed by atoms with E-state index in [9.17, 15) is 28.0 Å². The number of aromatic nitrogens is 2. The van der Waals surface area contributed by atoms with E-state index in [1.54, 1.807) is 10.8 Å². The predicted molar refractivity (Wildman–Crippen MR) is 181 cm³/mol. The van der Waals surface area contributed by atoms with Crippen LogP contribution >= 0.6 is 0 Å². The van der Waals surface area contributed by atoms with E-state index >= 15 is 4.39 Å². The molecule has 10 nitrogen and oxygen atoms in total. The van der Waals surface area contributed by atoms with Gasteiger partial charge in [0.05, 0.1) is 18.3 Å². The maximum absolute atomic E-state index is 15.1. The number of imide groups is 1. The van der Waals surface area contributed by atoms with Crippen molar-refractivity contribution in [2.24, 2.45) is 11.1 Å². The van der Waals surface area contributed by atoms with Crippen molar-refractivity contribution in [3.05, 3.63) is 89.9 Å². The zero-order valence-corrected chi connectivity index (χ0v) is 28.5. The Hall–Kier alpha value is -4.78. The highest BCUT2D eigenvalue weighted by molar-refractivity contribution is 6.16. The lowest BCUT2D eigenvalue weighted by atomic mass is 9.84. The number of nitrogens with zero attached hydrogens (tertiary/aromatic N) is 4. The molecule has 4 amide bonds. The second-order valence-corrected chi connectivity index (χ2v) is 14.0. The van der Waals surface area contributed by atoms with Gasteiger partial charge in [0.2, 0.25) is 11.8 Å². The van der Waals surface area contributed by atoms with Gasteiger partial charge in [0, 0.05) is 43.0 Å². The van der Waals surface area contributed by atoms with Crippen molar-refractivity contribution in [1.29, 1.82) is 0 Å². The first kappa shape index (κ1) is 36.5. The fraction of sp³-hybridized carbons (Fsp3) is 0.432. The Labute approximate surface area is 289 Å². The van der Waals surface area contributed by atoms with Gasteiger partial charge in [0.1, 0.15) is 29.7 Å². The van der Waals surface area contributed by atoms with Crippen LogP contribution in [0.15, 0.2) is 66.9 Å². The third-order valence-electron chi connectivity index (χ3n) is 9.33. The first-order chi connectivity index (χ1) is 23.7. The van der Waals surface area contributed by atoms with Crippen molar-refractivity contribution >= 4 is 23.6 Å². The number of alkyl halides is 1. The first-order valence-electron chi connectivity index (χ1n) is 16.8. The largest absolute Gasteiger partial charge is 0.345 e. The quantitative estimate of drug-likeness (QED) is 0.247. The number of nitrogens with two attached hydrogens (primary N) is 1. The number of carbonyl (C=O) groups excluding carboxylic acids is 4. The van der Waals surface area contributed by atoms with Crippen LogP contribution in [0.5, 0.6) is 0 Å². The topological polar surface area (TPSA) is 131 Å². The molecule has 0 bridgehead atoms. The van der Waals surface area contributed by atoms with Gasteiger partial charge in [-0.25, -0.2) is 18.2 Å². The summed E-state index contributed by atoms with van der Waals surface area (Å²) in [5.41, 5.74) is 4.81. The van der Waals surface area contributed by atoms with E-state index in [1.165, 1.54) is 4.90 Å². The summed E-state index contributed by atoms with van der Waals surface area (Å²) in [4.78, 5) is 60.6. The fourth-order valence-electron chi connectivity index (χ4n) is 6.91. The highest BCUT2D eigenvalue weighted by Crippen LogP contribution is 2.40. The Morgan fingerprint density at radius 2 is 1.70 bits per heavy atom. The highest BCUT2D eigenvalue weighted by atomic mass is 19.1. The molecule has 3 N–H and O–H groups in total. The molecular weight excluding hydrogens is 649 g/mol. The van der Waals surface area contributed by atoms with Crippen molar-refractivity contribution in [2.75, 3.05) is 19.8 Å². The summed E-state index contributed by atoms with van der Waals surface area (Å²) in [5, 5.41) is 2.69. The zero-order chi connectivity index (χ0) is 36.2. The molecule has 1 aromatic heterocycles. The van der Waals surface area contributed by atoms with Gasteiger partial charge in [-0.3, -0.25) is 24.1 Å². The monoisotopic (exact) mass is 692 g/mol. The maximum atomic E-state index is 15.1. The summed E-state index contributed by atoms with van der Waals surface area (Å²) in [7, 11) is 0. The Morgan fingerprint density at radius 1 is 1.04 bits per heavy atom. The second-order valence-electron chi connectivity index (χ2n) is 14.0. The van der Waals surface area contributed by atoms with Gasteiger partial charge in [-0.05, 0) is 48.4 Å².